The number of benzene rings is 1. The molecule has 0 atom stereocenters. The maximum absolute atomic E-state index is 11.2. The molecule has 7 nitrogen and oxygen atoms in total. The molecule has 0 N–H and O–H groups in total. The third kappa shape index (κ3) is 4.05. The molecular weight excluding hydrogens is 283 g/mol. The quantitative estimate of drug-likeness (QED) is 0.244. The Morgan fingerprint density at radius 2 is 1.53 bits per heavy atom. The van der Waals surface area contributed by atoms with Crippen LogP contribution in [0.4, 0.5) is 0 Å². The summed E-state index contributed by atoms with van der Waals surface area (Å²) in [6, 6.07) is 4.02. The van der Waals surface area contributed by atoms with Gasteiger partial charge >= 0.3 is 46.1 Å². The molecule has 0 fully saturated rings. The van der Waals surface area contributed by atoms with E-state index in [1.165, 1.54) is 12.1 Å². The molecule has 0 aliphatic heterocycles. The molecule has 0 saturated heterocycles. The fraction of sp³-hybridized carbons (Fsp3) is 0. The molecule has 0 aliphatic rings. The largest absolute Gasteiger partial charge is 1.00 e. The van der Waals surface area contributed by atoms with Gasteiger partial charge < -0.3 is 8.74 Å². The topological polar surface area (TPSA) is 118 Å². The summed E-state index contributed by atoms with van der Waals surface area (Å²) in [6.45, 7) is -0.371. The van der Waals surface area contributed by atoms with Crippen molar-refractivity contribution in [3.8, 4) is 0 Å². The molecular formula is C7H5NaO7S2. The average Bonchev–Trinajstić information content (AvgIpc) is 2.16. The van der Waals surface area contributed by atoms with Crippen molar-refractivity contribution in [3.63, 3.8) is 0 Å². The van der Waals surface area contributed by atoms with Crippen molar-refractivity contribution in [2.45, 2.75) is 9.79 Å². The van der Waals surface area contributed by atoms with Crippen LogP contribution in [0.15, 0.2) is 34.1 Å². The number of hydrogen-bond donors (Lipinski definition) is 0. The molecule has 0 spiro atoms. The number of carbonyl (C=O) groups excluding carboxylic acids is 1. The first-order valence-corrected chi connectivity index (χ1v) is 6.52. The predicted octanol–water partition coefficient (Wildman–Crippen LogP) is -3.54. The molecule has 1 aromatic rings. The van der Waals surface area contributed by atoms with Crippen LogP contribution in [0, 0.1) is 0 Å². The Bertz CT molecular complexity index is 605. The van der Waals surface area contributed by atoms with Gasteiger partial charge in [-0.25, -0.2) is 8.42 Å². The minimum Gasteiger partial charge on any atom is -0.744 e. The van der Waals surface area contributed by atoms with Gasteiger partial charge in [-0.15, -0.1) is 0 Å². The zero-order valence-electron chi connectivity index (χ0n) is 8.56. The van der Waals surface area contributed by atoms with E-state index in [4.69, 9.17) is 0 Å². The van der Waals surface area contributed by atoms with Crippen molar-refractivity contribution in [2.75, 3.05) is 0 Å². The fourth-order valence-corrected chi connectivity index (χ4v) is 2.91. The van der Waals surface area contributed by atoms with E-state index in [0.29, 0.717) is 0 Å². The summed E-state index contributed by atoms with van der Waals surface area (Å²) in [4.78, 5) is 8.10. The van der Waals surface area contributed by atoms with Gasteiger partial charge in [-0.2, -0.15) is 8.42 Å². The molecule has 0 aliphatic carbocycles. The van der Waals surface area contributed by atoms with Crippen LogP contribution >= 0.6 is 0 Å². The Balaban J connectivity index is 0.00000256. The first-order chi connectivity index (χ1) is 7.29. The molecule has 1 rings (SSSR count). The van der Waals surface area contributed by atoms with Crippen LogP contribution in [0.1, 0.15) is 0 Å². The third-order valence-corrected chi connectivity index (χ3v) is 3.80. The minimum absolute atomic E-state index is 0. The van der Waals surface area contributed by atoms with Gasteiger partial charge in [-0.3, -0.25) is 4.79 Å². The van der Waals surface area contributed by atoms with Crippen molar-refractivity contribution in [3.05, 3.63) is 24.3 Å². The van der Waals surface area contributed by atoms with Gasteiger partial charge in [0.25, 0.3) is 0 Å². The standard InChI is InChI=1S/C7H6O7S2.Na/c8-5-14-16(12,13)7-4-2-1-3-6(7)15(9,10)11;/h1-5H,(H,9,10,11);/q;+1/p-1. The summed E-state index contributed by atoms with van der Waals surface area (Å²) < 4.78 is 58.4. The zero-order valence-corrected chi connectivity index (χ0v) is 12.2. The van der Waals surface area contributed by atoms with Gasteiger partial charge in [0.05, 0.1) is 4.90 Å². The van der Waals surface area contributed by atoms with E-state index in [-0.39, 0.29) is 36.0 Å². The summed E-state index contributed by atoms with van der Waals surface area (Å²) in [6.07, 6.45) is 0. The Labute approximate surface area is 120 Å². The van der Waals surface area contributed by atoms with Gasteiger partial charge in [0.1, 0.15) is 15.0 Å². The maximum Gasteiger partial charge on any atom is 1.00 e. The van der Waals surface area contributed by atoms with Crippen molar-refractivity contribution >= 4 is 26.7 Å². The smallest absolute Gasteiger partial charge is 0.744 e. The first-order valence-electron chi connectivity index (χ1n) is 3.71. The van der Waals surface area contributed by atoms with E-state index < -0.39 is 30.0 Å². The van der Waals surface area contributed by atoms with Crippen LogP contribution in [-0.2, 0) is 29.2 Å². The zero-order chi connectivity index (χ0) is 12.4. The van der Waals surface area contributed by atoms with E-state index in [0.717, 1.165) is 12.1 Å². The first kappa shape index (κ1) is 16.6. The number of carbonyl (C=O) groups is 1. The van der Waals surface area contributed by atoms with Crippen LogP contribution in [0.2, 0.25) is 0 Å². The van der Waals surface area contributed by atoms with Gasteiger partial charge in [0.2, 0.25) is 0 Å². The van der Waals surface area contributed by atoms with Gasteiger partial charge in [0.15, 0.2) is 0 Å². The Morgan fingerprint density at radius 1 is 1.06 bits per heavy atom. The molecule has 88 valence electrons. The second-order valence-corrected chi connectivity index (χ2v) is 5.44. The van der Waals surface area contributed by atoms with Crippen molar-refractivity contribution in [2.24, 2.45) is 0 Å². The molecule has 0 aromatic heterocycles. The van der Waals surface area contributed by atoms with E-state index >= 15 is 0 Å². The molecule has 17 heavy (non-hydrogen) atoms. The minimum atomic E-state index is -4.96. The molecule has 0 amide bonds. The molecule has 0 heterocycles. The van der Waals surface area contributed by atoms with E-state index in [1.54, 1.807) is 0 Å². The summed E-state index contributed by atoms with van der Waals surface area (Å²) in [7, 11) is -9.53. The van der Waals surface area contributed by atoms with Crippen molar-refractivity contribution in [1.29, 1.82) is 0 Å². The van der Waals surface area contributed by atoms with Gasteiger partial charge in [-0.1, -0.05) is 12.1 Å². The molecule has 0 bridgehead atoms. The van der Waals surface area contributed by atoms with Crippen LogP contribution < -0.4 is 29.6 Å². The third-order valence-electron chi connectivity index (χ3n) is 1.55. The van der Waals surface area contributed by atoms with Crippen molar-refractivity contribution in [1.82, 2.24) is 0 Å². The fourth-order valence-electron chi connectivity index (χ4n) is 0.967. The van der Waals surface area contributed by atoms with E-state index in [9.17, 15) is 26.2 Å². The molecule has 0 unspecified atom stereocenters. The second kappa shape index (κ2) is 5.94. The monoisotopic (exact) mass is 288 g/mol. The molecule has 10 heteroatoms. The van der Waals surface area contributed by atoms with Crippen molar-refractivity contribution < 1.29 is 59.9 Å². The second-order valence-electron chi connectivity index (χ2n) is 2.55. The Kier molecular flexibility index (Phi) is 5.78. The SMILES string of the molecule is O=COS(=O)(=O)c1ccccc1S(=O)(=O)[O-].[Na+]. The normalized spacial score (nSPS) is 11.4. The van der Waals surface area contributed by atoms with Crippen LogP contribution in [0.3, 0.4) is 0 Å². The summed E-state index contributed by atoms with van der Waals surface area (Å²) in [5, 5.41) is 0. The molecule has 0 saturated carbocycles. The van der Waals surface area contributed by atoms with Crippen LogP contribution in [0.25, 0.3) is 0 Å². The summed E-state index contributed by atoms with van der Waals surface area (Å²) >= 11 is 0. The van der Waals surface area contributed by atoms with Crippen LogP contribution in [-0.4, -0.2) is 27.9 Å². The number of rotatable bonds is 4. The Morgan fingerprint density at radius 3 is 1.94 bits per heavy atom. The average molecular weight is 288 g/mol. The number of hydrogen-bond acceptors (Lipinski definition) is 7. The summed E-state index contributed by atoms with van der Waals surface area (Å²) in [5.74, 6) is 0. The maximum atomic E-state index is 11.2. The Hall–Kier alpha value is -0.450. The molecule has 0 radical (unpaired) electrons. The summed E-state index contributed by atoms with van der Waals surface area (Å²) in [5.41, 5.74) is 0. The van der Waals surface area contributed by atoms with Gasteiger partial charge in [-0.05, 0) is 12.1 Å². The van der Waals surface area contributed by atoms with E-state index in [1.807, 2.05) is 0 Å². The van der Waals surface area contributed by atoms with E-state index in [2.05, 4.69) is 4.18 Å². The van der Waals surface area contributed by atoms with Gasteiger partial charge in [0, 0.05) is 0 Å². The van der Waals surface area contributed by atoms with Crippen LogP contribution in [0.5, 0.6) is 0 Å². The predicted molar refractivity (Wildman–Crippen MR) is 48.7 cm³/mol. The molecule has 1 aromatic carbocycles.